The van der Waals surface area contributed by atoms with Gasteiger partial charge in [0.1, 0.15) is 11.5 Å². The molecule has 2 rings (SSSR count). The monoisotopic (exact) mass is 287 g/mol. The summed E-state index contributed by atoms with van der Waals surface area (Å²) in [5, 5.41) is 10.5. The van der Waals surface area contributed by atoms with Gasteiger partial charge < -0.3 is 9.47 Å². The van der Waals surface area contributed by atoms with Crippen LogP contribution >= 0.6 is 0 Å². The second-order valence-corrected chi connectivity index (χ2v) is 4.25. The highest BCUT2D eigenvalue weighted by atomic mass is 16.6. The van der Waals surface area contributed by atoms with Crippen molar-refractivity contribution in [3.05, 3.63) is 64.2 Å². The molecule has 0 aliphatic carbocycles. The molecule has 0 fully saturated rings. The van der Waals surface area contributed by atoms with Gasteiger partial charge in [-0.2, -0.15) is 0 Å². The van der Waals surface area contributed by atoms with Gasteiger partial charge in [-0.3, -0.25) is 14.9 Å². The van der Waals surface area contributed by atoms with Gasteiger partial charge in [-0.1, -0.05) is 12.1 Å². The smallest absolute Gasteiger partial charge is 0.309 e. The van der Waals surface area contributed by atoms with Crippen molar-refractivity contribution in [3.63, 3.8) is 0 Å². The van der Waals surface area contributed by atoms with E-state index in [1.807, 2.05) is 0 Å². The van der Waals surface area contributed by atoms with E-state index >= 15 is 0 Å². The quantitative estimate of drug-likeness (QED) is 0.479. The minimum absolute atomic E-state index is 0.00998. The standard InChI is InChI=1S/C15H13NO5/c1-20-15(17)10-11-2-6-13(7-3-11)21-14-8-4-12(5-9-14)16(18)19/h2-9H,10H2,1H3. The average Bonchev–Trinajstić information content (AvgIpc) is 2.49. The maximum atomic E-state index is 11.1. The Bertz CT molecular complexity index is 634. The molecule has 0 aliphatic rings. The van der Waals surface area contributed by atoms with Gasteiger partial charge in [0, 0.05) is 12.1 Å². The fraction of sp³-hybridized carbons (Fsp3) is 0.133. The van der Waals surface area contributed by atoms with E-state index in [0.717, 1.165) is 5.56 Å². The number of ether oxygens (including phenoxy) is 2. The largest absolute Gasteiger partial charge is 0.469 e. The summed E-state index contributed by atoms with van der Waals surface area (Å²) in [6.07, 6.45) is 0.203. The lowest BCUT2D eigenvalue weighted by atomic mass is 10.1. The third-order valence-electron chi connectivity index (χ3n) is 2.78. The second-order valence-electron chi connectivity index (χ2n) is 4.25. The van der Waals surface area contributed by atoms with Crippen LogP contribution in [0.1, 0.15) is 5.56 Å². The lowest BCUT2D eigenvalue weighted by Gasteiger charge is -2.06. The number of nitrogens with zero attached hydrogens (tertiary/aromatic N) is 1. The first-order valence-corrected chi connectivity index (χ1v) is 6.16. The SMILES string of the molecule is COC(=O)Cc1ccc(Oc2ccc([N+](=O)[O-])cc2)cc1. The van der Waals surface area contributed by atoms with E-state index in [1.165, 1.54) is 31.4 Å². The number of benzene rings is 2. The number of methoxy groups -OCH3 is 1. The maximum absolute atomic E-state index is 11.1. The molecule has 0 amide bonds. The molecule has 0 bridgehead atoms. The maximum Gasteiger partial charge on any atom is 0.309 e. The van der Waals surface area contributed by atoms with Gasteiger partial charge in [-0.05, 0) is 29.8 Å². The van der Waals surface area contributed by atoms with Gasteiger partial charge in [-0.15, -0.1) is 0 Å². The Morgan fingerprint density at radius 2 is 1.57 bits per heavy atom. The molecular weight excluding hydrogens is 274 g/mol. The first-order valence-electron chi connectivity index (χ1n) is 6.16. The topological polar surface area (TPSA) is 78.7 Å². The van der Waals surface area contributed by atoms with Gasteiger partial charge in [0.2, 0.25) is 0 Å². The average molecular weight is 287 g/mol. The molecule has 0 heterocycles. The number of hydrogen-bond donors (Lipinski definition) is 0. The lowest BCUT2D eigenvalue weighted by Crippen LogP contribution is -2.04. The predicted octanol–water partition coefficient (Wildman–Crippen LogP) is 3.10. The third-order valence-corrected chi connectivity index (χ3v) is 2.78. The van der Waals surface area contributed by atoms with E-state index in [0.29, 0.717) is 11.5 Å². The van der Waals surface area contributed by atoms with E-state index in [2.05, 4.69) is 4.74 Å². The molecule has 0 radical (unpaired) electrons. The highest BCUT2D eigenvalue weighted by Crippen LogP contribution is 2.24. The second kappa shape index (κ2) is 6.51. The number of non-ortho nitro benzene ring substituents is 1. The Morgan fingerprint density at radius 1 is 1.05 bits per heavy atom. The molecule has 0 N–H and O–H groups in total. The van der Waals surface area contributed by atoms with E-state index in [4.69, 9.17) is 4.74 Å². The van der Waals surface area contributed by atoms with Gasteiger partial charge in [0.25, 0.3) is 5.69 Å². The molecule has 0 saturated heterocycles. The third kappa shape index (κ3) is 4.04. The van der Waals surface area contributed by atoms with Crippen molar-refractivity contribution in [2.24, 2.45) is 0 Å². The Labute approximate surface area is 121 Å². The summed E-state index contributed by atoms with van der Waals surface area (Å²) in [6, 6.07) is 12.8. The van der Waals surface area contributed by atoms with Crippen LogP contribution in [0.25, 0.3) is 0 Å². The van der Waals surface area contributed by atoms with Crippen molar-refractivity contribution in [3.8, 4) is 11.5 Å². The number of nitro groups is 1. The number of carbonyl (C=O) groups is 1. The van der Waals surface area contributed by atoms with Crippen LogP contribution in [-0.4, -0.2) is 18.0 Å². The number of rotatable bonds is 5. The Hall–Kier alpha value is -2.89. The van der Waals surface area contributed by atoms with Gasteiger partial charge in [0.05, 0.1) is 18.5 Å². The minimum atomic E-state index is -0.467. The zero-order valence-corrected chi connectivity index (χ0v) is 11.3. The molecule has 0 aromatic heterocycles. The Balaban J connectivity index is 2.02. The summed E-state index contributed by atoms with van der Waals surface area (Å²) in [7, 11) is 1.34. The summed E-state index contributed by atoms with van der Waals surface area (Å²) in [5.41, 5.74) is 0.827. The number of hydrogen-bond acceptors (Lipinski definition) is 5. The van der Waals surface area contributed by atoms with E-state index in [-0.39, 0.29) is 18.1 Å². The molecule has 0 spiro atoms. The lowest BCUT2D eigenvalue weighted by molar-refractivity contribution is -0.384. The number of nitro benzene ring substituents is 1. The van der Waals surface area contributed by atoms with Crippen molar-refractivity contribution in [1.29, 1.82) is 0 Å². The van der Waals surface area contributed by atoms with Crippen molar-refractivity contribution in [2.75, 3.05) is 7.11 Å². The van der Waals surface area contributed by atoms with E-state index < -0.39 is 4.92 Å². The molecule has 108 valence electrons. The fourth-order valence-electron chi connectivity index (χ4n) is 1.69. The minimum Gasteiger partial charge on any atom is -0.469 e. The Morgan fingerprint density at radius 3 is 2.05 bits per heavy atom. The van der Waals surface area contributed by atoms with Gasteiger partial charge in [-0.25, -0.2) is 0 Å². The normalized spacial score (nSPS) is 9.95. The molecule has 6 heteroatoms. The zero-order valence-electron chi connectivity index (χ0n) is 11.3. The molecule has 6 nitrogen and oxygen atoms in total. The zero-order chi connectivity index (χ0) is 15.2. The number of esters is 1. The van der Waals surface area contributed by atoms with Crippen molar-refractivity contribution < 1.29 is 19.2 Å². The summed E-state index contributed by atoms with van der Waals surface area (Å²) in [6.45, 7) is 0. The molecule has 2 aromatic carbocycles. The first-order chi connectivity index (χ1) is 10.1. The van der Waals surface area contributed by atoms with E-state index in [9.17, 15) is 14.9 Å². The molecule has 0 unspecified atom stereocenters. The molecule has 0 saturated carbocycles. The summed E-state index contributed by atoms with van der Waals surface area (Å²) >= 11 is 0. The van der Waals surface area contributed by atoms with E-state index in [1.54, 1.807) is 24.3 Å². The van der Waals surface area contributed by atoms with Crippen molar-refractivity contribution in [1.82, 2.24) is 0 Å². The summed E-state index contributed by atoms with van der Waals surface area (Å²) < 4.78 is 10.1. The summed E-state index contributed by atoms with van der Waals surface area (Å²) in [4.78, 5) is 21.2. The predicted molar refractivity (Wildman–Crippen MR) is 75.3 cm³/mol. The van der Waals surface area contributed by atoms with Gasteiger partial charge in [0.15, 0.2) is 0 Å². The van der Waals surface area contributed by atoms with Crippen LogP contribution in [0, 0.1) is 10.1 Å². The van der Waals surface area contributed by atoms with Crippen LogP contribution in [0.2, 0.25) is 0 Å². The molecule has 0 aliphatic heterocycles. The number of carbonyl (C=O) groups excluding carboxylic acids is 1. The highest BCUT2D eigenvalue weighted by Gasteiger charge is 2.06. The van der Waals surface area contributed by atoms with Crippen LogP contribution in [0.5, 0.6) is 11.5 Å². The Kier molecular flexibility index (Phi) is 4.50. The molecule has 0 atom stereocenters. The fourth-order valence-corrected chi connectivity index (χ4v) is 1.69. The van der Waals surface area contributed by atoms with Crippen molar-refractivity contribution >= 4 is 11.7 Å². The first kappa shape index (κ1) is 14.5. The van der Waals surface area contributed by atoms with Gasteiger partial charge >= 0.3 is 5.97 Å². The molecule has 2 aromatic rings. The molecular formula is C15H13NO5. The highest BCUT2D eigenvalue weighted by molar-refractivity contribution is 5.72. The van der Waals surface area contributed by atoms with Crippen LogP contribution in [0.15, 0.2) is 48.5 Å². The molecule has 21 heavy (non-hydrogen) atoms. The summed E-state index contributed by atoms with van der Waals surface area (Å²) in [5.74, 6) is 0.776. The van der Waals surface area contributed by atoms with Crippen LogP contribution < -0.4 is 4.74 Å². The van der Waals surface area contributed by atoms with Crippen LogP contribution in [-0.2, 0) is 16.0 Å². The van der Waals surface area contributed by atoms with Crippen molar-refractivity contribution in [2.45, 2.75) is 6.42 Å². The van der Waals surface area contributed by atoms with Crippen LogP contribution in [0.4, 0.5) is 5.69 Å². The van der Waals surface area contributed by atoms with Crippen LogP contribution in [0.3, 0.4) is 0 Å².